The van der Waals surface area contributed by atoms with E-state index in [9.17, 15) is 9.59 Å². The molecule has 0 unspecified atom stereocenters. The Kier molecular flexibility index (Phi) is 5.46. The van der Waals surface area contributed by atoms with Crippen molar-refractivity contribution in [3.8, 4) is 0 Å². The number of nitrogens with two attached hydrogens (primary N) is 1. The van der Waals surface area contributed by atoms with Crippen LogP contribution < -0.4 is 16.4 Å². The van der Waals surface area contributed by atoms with Crippen molar-refractivity contribution in [3.63, 3.8) is 0 Å². The standard InChI is InChI=1S/C16H17N3O2S2/c1-3-11-9(2)23-15(12(11)13(17)20)19-16(22)18-14(21)10-7-5-4-6-8-10/h4-8H,3H2,1-2H3,(H2,17,20)(H2,18,19,21,22). The Morgan fingerprint density at radius 3 is 2.48 bits per heavy atom. The van der Waals surface area contributed by atoms with Gasteiger partial charge in [-0.25, -0.2) is 0 Å². The van der Waals surface area contributed by atoms with E-state index >= 15 is 0 Å². The van der Waals surface area contributed by atoms with Crippen molar-refractivity contribution in [2.24, 2.45) is 5.73 Å². The van der Waals surface area contributed by atoms with Gasteiger partial charge in [-0.3, -0.25) is 14.9 Å². The van der Waals surface area contributed by atoms with Gasteiger partial charge in [-0.1, -0.05) is 25.1 Å². The van der Waals surface area contributed by atoms with Gasteiger partial charge in [0.25, 0.3) is 11.8 Å². The summed E-state index contributed by atoms with van der Waals surface area (Å²) in [5.74, 6) is -0.821. The summed E-state index contributed by atoms with van der Waals surface area (Å²) in [7, 11) is 0. The number of carbonyl (C=O) groups excluding carboxylic acids is 2. The highest BCUT2D eigenvalue weighted by Gasteiger charge is 2.20. The molecule has 0 saturated carbocycles. The lowest BCUT2D eigenvalue weighted by atomic mass is 10.1. The molecule has 1 aromatic heterocycles. The third-order valence-electron chi connectivity index (χ3n) is 3.30. The van der Waals surface area contributed by atoms with E-state index in [2.05, 4.69) is 10.6 Å². The van der Waals surface area contributed by atoms with Gasteiger partial charge in [0.2, 0.25) is 0 Å². The topological polar surface area (TPSA) is 84.2 Å². The first-order chi connectivity index (χ1) is 10.9. The van der Waals surface area contributed by atoms with Crippen LogP contribution in [-0.2, 0) is 6.42 Å². The minimum atomic E-state index is -0.508. The highest BCUT2D eigenvalue weighted by atomic mass is 32.1. The quantitative estimate of drug-likeness (QED) is 0.743. The molecule has 2 amide bonds. The van der Waals surface area contributed by atoms with E-state index in [1.807, 2.05) is 19.9 Å². The number of thiophene rings is 1. The van der Waals surface area contributed by atoms with Gasteiger partial charge in [0.15, 0.2) is 5.11 Å². The average Bonchev–Trinajstić information content (AvgIpc) is 2.83. The van der Waals surface area contributed by atoms with E-state index in [0.29, 0.717) is 22.5 Å². The molecule has 0 radical (unpaired) electrons. The number of amides is 2. The molecular formula is C16H17N3O2S2. The van der Waals surface area contributed by atoms with Gasteiger partial charge in [-0.15, -0.1) is 11.3 Å². The maximum Gasteiger partial charge on any atom is 0.257 e. The number of rotatable bonds is 4. The first-order valence-electron chi connectivity index (χ1n) is 7.03. The van der Waals surface area contributed by atoms with Crippen LogP contribution in [0.2, 0.25) is 0 Å². The van der Waals surface area contributed by atoms with E-state index in [0.717, 1.165) is 10.4 Å². The third-order valence-corrected chi connectivity index (χ3v) is 4.57. The smallest absolute Gasteiger partial charge is 0.257 e. The van der Waals surface area contributed by atoms with Crippen molar-refractivity contribution in [1.29, 1.82) is 0 Å². The maximum absolute atomic E-state index is 12.1. The van der Waals surface area contributed by atoms with E-state index in [4.69, 9.17) is 18.0 Å². The molecule has 1 aromatic carbocycles. The van der Waals surface area contributed by atoms with Crippen LogP contribution >= 0.6 is 23.6 Å². The molecule has 120 valence electrons. The van der Waals surface area contributed by atoms with Crippen LogP contribution in [0.3, 0.4) is 0 Å². The molecule has 5 nitrogen and oxygen atoms in total. The lowest BCUT2D eigenvalue weighted by molar-refractivity contribution is 0.0975. The van der Waals surface area contributed by atoms with Gasteiger partial charge in [-0.2, -0.15) is 0 Å². The van der Waals surface area contributed by atoms with Crippen LogP contribution in [-0.4, -0.2) is 16.9 Å². The summed E-state index contributed by atoms with van der Waals surface area (Å²) >= 11 is 6.55. The number of primary amides is 1. The van der Waals surface area contributed by atoms with Crippen molar-refractivity contribution in [1.82, 2.24) is 5.32 Å². The predicted molar refractivity (Wildman–Crippen MR) is 97.1 cm³/mol. The van der Waals surface area contributed by atoms with Gasteiger partial charge in [0.1, 0.15) is 5.00 Å². The molecule has 0 bridgehead atoms. The van der Waals surface area contributed by atoms with Crippen LogP contribution in [0.4, 0.5) is 5.00 Å². The summed E-state index contributed by atoms with van der Waals surface area (Å²) < 4.78 is 0. The van der Waals surface area contributed by atoms with Crippen molar-refractivity contribution < 1.29 is 9.59 Å². The zero-order valence-electron chi connectivity index (χ0n) is 12.8. The van der Waals surface area contributed by atoms with Crippen LogP contribution in [0.5, 0.6) is 0 Å². The fraction of sp³-hybridized carbons (Fsp3) is 0.188. The first kappa shape index (κ1) is 17.1. The largest absolute Gasteiger partial charge is 0.365 e. The summed E-state index contributed by atoms with van der Waals surface area (Å²) in [4.78, 5) is 24.8. The SMILES string of the molecule is CCc1c(C)sc(NC(=S)NC(=O)c2ccccc2)c1C(N)=O. The summed E-state index contributed by atoms with van der Waals surface area (Å²) in [6, 6.07) is 8.75. The van der Waals surface area contributed by atoms with E-state index in [-0.39, 0.29) is 11.0 Å². The molecular weight excluding hydrogens is 330 g/mol. The number of hydrogen-bond donors (Lipinski definition) is 3. The zero-order chi connectivity index (χ0) is 17.0. The molecule has 23 heavy (non-hydrogen) atoms. The number of anilines is 1. The molecule has 0 aliphatic rings. The number of hydrogen-bond acceptors (Lipinski definition) is 4. The molecule has 4 N–H and O–H groups in total. The summed E-state index contributed by atoms with van der Waals surface area (Å²) in [6.45, 7) is 3.88. The third kappa shape index (κ3) is 3.94. The maximum atomic E-state index is 12.1. The summed E-state index contributed by atoms with van der Waals surface area (Å²) in [5.41, 5.74) is 7.31. The fourth-order valence-corrected chi connectivity index (χ4v) is 3.67. The average molecular weight is 347 g/mol. The molecule has 2 rings (SSSR count). The molecule has 2 aromatic rings. The van der Waals surface area contributed by atoms with Crippen LogP contribution in [0, 0.1) is 6.92 Å². The summed E-state index contributed by atoms with van der Waals surface area (Å²) in [5, 5.41) is 6.19. The fourth-order valence-electron chi connectivity index (χ4n) is 2.25. The molecule has 0 aliphatic carbocycles. The Morgan fingerprint density at radius 2 is 1.91 bits per heavy atom. The van der Waals surface area contributed by atoms with E-state index in [1.54, 1.807) is 24.3 Å². The second-order valence-corrected chi connectivity index (χ2v) is 6.47. The van der Waals surface area contributed by atoms with Gasteiger partial charge in [0, 0.05) is 10.4 Å². The second-order valence-electron chi connectivity index (χ2n) is 4.83. The van der Waals surface area contributed by atoms with Gasteiger partial charge < -0.3 is 11.1 Å². The predicted octanol–water partition coefficient (Wildman–Crippen LogP) is 2.84. The minimum absolute atomic E-state index is 0.130. The Labute approximate surface area is 143 Å². The van der Waals surface area contributed by atoms with E-state index < -0.39 is 5.91 Å². The monoisotopic (exact) mass is 347 g/mol. The normalized spacial score (nSPS) is 10.2. The highest BCUT2D eigenvalue weighted by Crippen LogP contribution is 2.33. The number of aryl methyl sites for hydroxylation is 1. The van der Waals surface area contributed by atoms with Crippen LogP contribution in [0.15, 0.2) is 30.3 Å². The molecule has 0 saturated heterocycles. The van der Waals surface area contributed by atoms with Gasteiger partial charge in [0.05, 0.1) is 5.56 Å². The van der Waals surface area contributed by atoms with Crippen molar-refractivity contribution in [2.75, 3.05) is 5.32 Å². The molecule has 0 spiro atoms. The van der Waals surface area contributed by atoms with Gasteiger partial charge >= 0.3 is 0 Å². The van der Waals surface area contributed by atoms with Crippen molar-refractivity contribution in [3.05, 3.63) is 51.9 Å². The molecule has 0 fully saturated rings. The second kappa shape index (κ2) is 7.34. The number of carbonyl (C=O) groups is 2. The Bertz CT molecular complexity index is 754. The van der Waals surface area contributed by atoms with Crippen LogP contribution in [0.25, 0.3) is 0 Å². The molecule has 7 heteroatoms. The zero-order valence-corrected chi connectivity index (χ0v) is 14.4. The first-order valence-corrected chi connectivity index (χ1v) is 8.26. The Hall–Kier alpha value is -2.25. The molecule has 0 atom stereocenters. The highest BCUT2D eigenvalue weighted by molar-refractivity contribution is 7.80. The lowest BCUT2D eigenvalue weighted by Crippen LogP contribution is -2.34. The Morgan fingerprint density at radius 1 is 1.26 bits per heavy atom. The van der Waals surface area contributed by atoms with E-state index in [1.165, 1.54) is 11.3 Å². The summed E-state index contributed by atoms with van der Waals surface area (Å²) in [6.07, 6.45) is 0.700. The van der Waals surface area contributed by atoms with Gasteiger partial charge in [-0.05, 0) is 43.3 Å². The lowest BCUT2D eigenvalue weighted by Gasteiger charge is -2.09. The minimum Gasteiger partial charge on any atom is -0.365 e. The van der Waals surface area contributed by atoms with Crippen LogP contribution in [0.1, 0.15) is 38.1 Å². The number of thiocarbonyl (C=S) groups is 1. The number of nitrogens with one attached hydrogen (secondary N) is 2. The molecule has 1 heterocycles. The van der Waals surface area contributed by atoms with Crippen molar-refractivity contribution >= 4 is 45.5 Å². The van der Waals surface area contributed by atoms with Crippen molar-refractivity contribution in [2.45, 2.75) is 20.3 Å². The molecule has 0 aliphatic heterocycles. The Balaban J connectivity index is 2.15. The number of benzene rings is 1.